The van der Waals surface area contributed by atoms with Crippen LogP contribution in [0.15, 0.2) is 18.2 Å². The van der Waals surface area contributed by atoms with E-state index in [9.17, 15) is 0 Å². The molecule has 3 aromatic rings. The molecule has 0 aliphatic carbocycles. The summed E-state index contributed by atoms with van der Waals surface area (Å²) in [5, 5.41) is 0. The molecule has 3 aromatic heterocycles. The molecule has 220 valence electrons. The zero-order valence-electron chi connectivity index (χ0n) is 27.0. The van der Waals surface area contributed by atoms with E-state index in [4.69, 9.17) is 16.4 Å². The van der Waals surface area contributed by atoms with E-state index in [0.717, 1.165) is 90.7 Å². The fourth-order valence-electron chi connectivity index (χ4n) is 7.76. The maximum Gasteiger partial charge on any atom is 0.0698 e. The fraction of sp³-hybridized carbons (Fsp3) is 0.474. The maximum absolute atomic E-state index is 6.38. The van der Waals surface area contributed by atoms with Gasteiger partial charge < -0.3 is 9.97 Å². The monoisotopic (exact) mass is 560 g/mol. The Labute approximate surface area is 252 Å². The summed E-state index contributed by atoms with van der Waals surface area (Å²) >= 11 is 0. The standard InChI is InChI=1S/C38H48N4/c1-10-22-24(12-3)33-20-35-26(14-5)28(16-7)37(41-35)30(18-9)38-29(17-8)27(15-6)36(42-38)21-34-25(13-4)23(11-2)32(40-34)19-31(22)39-33/h9,19-21,26,28,39,42H,10-17H2,1-8H3/t26-,28-/m0/s1. The minimum Gasteiger partial charge on any atom is -0.355 e. The Morgan fingerprint density at radius 2 is 1.12 bits per heavy atom. The smallest absolute Gasteiger partial charge is 0.0698 e. The Morgan fingerprint density at radius 1 is 0.619 bits per heavy atom. The van der Waals surface area contributed by atoms with Gasteiger partial charge in [0, 0.05) is 34.1 Å². The first-order chi connectivity index (χ1) is 20.4. The number of aromatic nitrogens is 4. The molecule has 0 saturated heterocycles. The number of aryl methyl sites for hydroxylation is 4. The summed E-state index contributed by atoms with van der Waals surface area (Å²) in [6, 6.07) is 6.91. The third-order valence-electron chi connectivity index (χ3n) is 9.73. The Morgan fingerprint density at radius 3 is 1.60 bits per heavy atom. The van der Waals surface area contributed by atoms with Crippen LogP contribution in [-0.2, 0) is 25.7 Å². The van der Waals surface area contributed by atoms with Crippen LogP contribution in [0.1, 0.15) is 144 Å². The molecule has 0 amide bonds. The van der Waals surface area contributed by atoms with Crippen molar-refractivity contribution < 1.29 is 0 Å². The molecule has 0 aromatic carbocycles. The second-order valence-corrected chi connectivity index (χ2v) is 11.6. The summed E-state index contributed by atoms with van der Waals surface area (Å²) in [7, 11) is 0. The zero-order valence-corrected chi connectivity index (χ0v) is 27.0. The Bertz CT molecular complexity index is 1740. The van der Waals surface area contributed by atoms with Crippen molar-refractivity contribution in [1.82, 2.24) is 19.9 Å². The van der Waals surface area contributed by atoms with E-state index < -0.39 is 0 Å². The number of hydrogen-bond acceptors (Lipinski definition) is 2. The first kappa shape index (κ1) is 29.9. The van der Waals surface area contributed by atoms with Crippen molar-refractivity contribution in [3.8, 4) is 12.3 Å². The van der Waals surface area contributed by atoms with Crippen molar-refractivity contribution in [3.63, 3.8) is 0 Å². The second-order valence-electron chi connectivity index (χ2n) is 11.6. The Hall–Kier alpha value is -3.58. The average Bonchev–Trinajstić information content (AvgIpc) is 3.72. The number of H-pyrrole nitrogens is 2. The molecule has 42 heavy (non-hydrogen) atoms. The van der Waals surface area contributed by atoms with E-state index >= 15 is 0 Å². The van der Waals surface area contributed by atoms with E-state index in [2.05, 4.69) is 89.5 Å². The number of nitrogens with one attached hydrogen (secondary N) is 2. The first-order valence-corrected chi connectivity index (χ1v) is 16.4. The molecule has 4 heteroatoms. The summed E-state index contributed by atoms with van der Waals surface area (Å²) < 4.78 is 0. The van der Waals surface area contributed by atoms with Crippen LogP contribution < -0.4 is 0 Å². The number of aromatic amines is 2. The largest absolute Gasteiger partial charge is 0.355 e. The van der Waals surface area contributed by atoms with Crippen LogP contribution in [0.3, 0.4) is 0 Å². The van der Waals surface area contributed by atoms with E-state index in [-0.39, 0.29) is 0 Å². The van der Waals surface area contributed by atoms with Crippen molar-refractivity contribution >= 4 is 33.2 Å². The normalized spacial score (nSPS) is 16.7. The molecule has 5 rings (SSSR count). The lowest BCUT2D eigenvalue weighted by molar-refractivity contribution is 0.532. The molecule has 0 radical (unpaired) electrons. The van der Waals surface area contributed by atoms with E-state index in [1.54, 1.807) is 0 Å². The summed E-state index contributed by atoms with van der Waals surface area (Å²) in [5.41, 5.74) is 18.0. The third-order valence-corrected chi connectivity index (χ3v) is 9.73. The van der Waals surface area contributed by atoms with Crippen molar-refractivity contribution in [1.29, 1.82) is 0 Å². The van der Waals surface area contributed by atoms with Crippen LogP contribution in [0.5, 0.6) is 0 Å². The highest BCUT2D eigenvalue weighted by atomic mass is 14.8. The topological polar surface area (TPSA) is 57.4 Å². The molecule has 0 fully saturated rings. The van der Waals surface area contributed by atoms with Gasteiger partial charge in [0.05, 0.1) is 28.2 Å². The van der Waals surface area contributed by atoms with Crippen LogP contribution in [0.2, 0.25) is 0 Å². The van der Waals surface area contributed by atoms with Crippen LogP contribution in [0.25, 0.3) is 33.2 Å². The molecule has 5 heterocycles. The molecule has 2 N–H and O–H groups in total. The van der Waals surface area contributed by atoms with E-state index in [0.29, 0.717) is 11.8 Å². The van der Waals surface area contributed by atoms with Gasteiger partial charge in [-0.2, -0.15) is 0 Å². The number of fused-ring (bicyclic) bond motifs is 8. The summed E-state index contributed by atoms with van der Waals surface area (Å²) in [6.07, 6.45) is 14.1. The summed E-state index contributed by atoms with van der Waals surface area (Å²) in [4.78, 5) is 18.4. The lowest BCUT2D eigenvalue weighted by atomic mass is 9.84. The molecule has 2 atom stereocenters. The molecular formula is C38H48N4. The van der Waals surface area contributed by atoms with Crippen LogP contribution in [0.4, 0.5) is 0 Å². The molecule has 2 aliphatic rings. The lowest BCUT2D eigenvalue weighted by Gasteiger charge is -2.17. The van der Waals surface area contributed by atoms with E-state index in [1.807, 2.05) is 0 Å². The molecule has 2 aliphatic heterocycles. The van der Waals surface area contributed by atoms with Crippen molar-refractivity contribution in [3.05, 3.63) is 68.8 Å². The zero-order chi connectivity index (χ0) is 30.1. The molecule has 0 spiro atoms. The number of rotatable bonds is 8. The van der Waals surface area contributed by atoms with Gasteiger partial charge in [0.1, 0.15) is 0 Å². The van der Waals surface area contributed by atoms with Crippen LogP contribution in [-0.4, -0.2) is 19.9 Å². The van der Waals surface area contributed by atoms with Gasteiger partial charge in [0.2, 0.25) is 0 Å². The second kappa shape index (κ2) is 12.3. The highest BCUT2D eigenvalue weighted by Gasteiger charge is 2.32. The lowest BCUT2D eigenvalue weighted by Crippen LogP contribution is -2.05. The SMILES string of the molecule is C#Cc1c2nc(cc3[nH]c(cc4nc(cc5[nH]c1c(CC)c5CC)C(CC)=C4CC)c(CC)c3CC)[C@@H](CC)[C@@H]2CC. The van der Waals surface area contributed by atoms with Crippen LogP contribution in [0, 0.1) is 12.3 Å². The quantitative estimate of drug-likeness (QED) is 0.269. The number of hydrogen-bond donors (Lipinski definition) is 2. The van der Waals surface area contributed by atoms with Crippen molar-refractivity contribution in [2.24, 2.45) is 0 Å². The fourth-order valence-corrected chi connectivity index (χ4v) is 7.76. The molecule has 8 bridgehead atoms. The van der Waals surface area contributed by atoms with Crippen molar-refractivity contribution in [2.45, 2.75) is 119 Å². The van der Waals surface area contributed by atoms with Gasteiger partial charge in [0.25, 0.3) is 0 Å². The Kier molecular flexibility index (Phi) is 8.78. The van der Waals surface area contributed by atoms with Gasteiger partial charge in [-0.05, 0) is 103 Å². The minimum atomic E-state index is 0.294. The molecule has 0 saturated carbocycles. The maximum atomic E-state index is 6.38. The van der Waals surface area contributed by atoms with Gasteiger partial charge in [-0.3, -0.25) is 4.98 Å². The van der Waals surface area contributed by atoms with Crippen molar-refractivity contribution in [2.75, 3.05) is 0 Å². The molecule has 4 nitrogen and oxygen atoms in total. The predicted octanol–water partition coefficient (Wildman–Crippen LogP) is 9.96. The van der Waals surface area contributed by atoms with Gasteiger partial charge >= 0.3 is 0 Å². The van der Waals surface area contributed by atoms with Gasteiger partial charge in [0.15, 0.2) is 0 Å². The predicted molar refractivity (Wildman–Crippen MR) is 180 cm³/mol. The van der Waals surface area contributed by atoms with E-state index in [1.165, 1.54) is 44.4 Å². The molecular weight excluding hydrogens is 512 g/mol. The first-order valence-electron chi connectivity index (χ1n) is 16.4. The average molecular weight is 561 g/mol. The number of nitrogens with zero attached hydrogens (tertiary/aromatic N) is 2. The van der Waals surface area contributed by atoms with Gasteiger partial charge in [-0.25, -0.2) is 4.98 Å². The summed E-state index contributed by atoms with van der Waals surface area (Å²) in [6.45, 7) is 18.1. The number of terminal acetylenes is 1. The highest BCUT2D eigenvalue weighted by molar-refractivity contribution is 5.94. The Balaban J connectivity index is 2.07. The minimum absolute atomic E-state index is 0.294. The summed E-state index contributed by atoms with van der Waals surface area (Å²) in [5.74, 6) is 3.76. The van der Waals surface area contributed by atoms with Gasteiger partial charge in [-0.15, -0.1) is 6.42 Å². The van der Waals surface area contributed by atoms with Crippen LogP contribution >= 0.6 is 0 Å². The number of allylic oxidation sites excluding steroid dienone is 2. The van der Waals surface area contributed by atoms with Gasteiger partial charge in [-0.1, -0.05) is 61.3 Å². The molecule has 0 unspecified atom stereocenters. The third kappa shape index (κ3) is 4.72. The highest BCUT2D eigenvalue weighted by Crippen LogP contribution is 2.44.